The first-order chi connectivity index (χ1) is 36.4. The first kappa shape index (κ1) is 72.3. The van der Waals surface area contributed by atoms with E-state index in [1.807, 2.05) is 4.90 Å². The summed E-state index contributed by atoms with van der Waals surface area (Å²) in [7, 11) is 0. The van der Waals surface area contributed by atoms with E-state index in [0.717, 1.165) is 52.0 Å². The fraction of sp³-hybridized carbons (Fsp3) is 0.954. The second-order valence-corrected chi connectivity index (χ2v) is 22.8. The number of amides is 2. The fourth-order valence-corrected chi connectivity index (χ4v) is 10.5. The standard InChI is InChI=1S/C36H72N4O2.C29H59NO2/c1-4-7-10-13-16-19-22-25-37(26-23-20-17-14-11-8-5-2)28-29-38(27-24-21-18-15-12-9-6-3)34-36(42)40-32-30-39(35-41)31-33-40;1-4-7-9-11-13-14-15-16-17-19-21-23-26-30(6-3)27-24-28-32-29(31)25-22-20-18-12-10-8-5-2/h35H,4-34H2,1-3H3;4-28H2,1-3H3. The van der Waals surface area contributed by atoms with Crippen LogP contribution in [-0.2, 0) is 19.1 Å². The molecule has 0 atom stereocenters. The molecule has 0 spiro atoms. The number of esters is 1. The number of piperazine rings is 1. The predicted molar refractivity (Wildman–Crippen MR) is 322 cm³/mol. The Morgan fingerprint density at radius 2 is 0.676 bits per heavy atom. The second-order valence-electron chi connectivity index (χ2n) is 22.8. The van der Waals surface area contributed by atoms with Crippen LogP contribution in [0.3, 0.4) is 0 Å². The zero-order valence-corrected chi connectivity index (χ0v) is 51.0. The average Bonchev–Trinajstić information content (AvgIpc) is 3.41. The fourth-order valence-electron chi connectivity index (χ4n) is 10.5. The van der Waals surface area contributed by atoms with Crippen molar-refractivity contribution in [2.45, 2.75) is 311 Å². The normalized spacial score (nSPS) is 12.8. The molecule has 0 aromatic heterocycles. The highest BCUT2D eigenvalue weighted by atomic mass is 16.5. The van der Waals surface area contributed by atoms with Crippen molar-refractivity contribution in [1.82, 2.24) is 24.5 Å². The molecule has 1 saturated heterocycles. The van der Waals surface area contributed by atoms with Gasteiger partial charge in [-0.05, 0) is 71.2 Å². The van der Waals surface area contributed by atoms with Crippen molar-refractivity contribution in [2.24, 2.45) is 0 Å². The summed E-state index contributed by atoms with van der Waals surface area (Å²) >= 11 is 0. The highest BCUT2D eigenvalue weighted by Crippen LogP contribution is 2.15. The van der Waals surface area contributed by atoms with Gasteiger partial charge in [0.05, 0.1) is 13.2 Å². The van der Waals surface area contributed by atoms with Gasteiger partial charge in [0.25, 0.3) is 0 Å². The van der Waals surface area contributed by atoms with E-state index in [1.54, 1.807) is 4.90 Å². The van der Waals surface area contributed by atoms with Crippen molar-refractivity contribution in [3.63, 3.8) is 0 Å². The third-order valence-corrected chi connectivity index (χ3v) is 15.8. The molecule has 0 bridgehead atoms. The van der Waals surface area contributed by atoms with Crippen LogP contribution in [0.15, 0.2) is 0 Å². The Bertz CT molecular complexity index is 1130. The van der Waals surface area contributed by atoms with E-state index in [2.05, 4.69) is 56.2 Å². The van der Waals surface area contributed by atoms with Crippen LogP contribution in [0.25, 0.3) is 0 Å². The zero-order chi connectivity index (χ0) is 54.1. The second kappa shape index (κ2) is 59.0. The van der Waals surface area contributed by atoms with Crippen LogP contribution >= 0.6 is 0 Å². The maximum absolute atomic E-state index is 13.3. The van der Waals surface area contributed by atoms with Crippen LogP contribution in [0.1, 0.15) is 311 Å². The van der Waals surface area contributed by atoms with Gasteiger partial charge in [-0.15, -0.1) is 0 Å². The van der Waals surface area contributed by atoms with Crippen LogP contribution in [0.5, 0.6) is 0 Å². The molecule has 0 aromatic carbocycles. The molecular weight excluding hydrogens is 915 g/mol. The Kier molecular flexibility index (Phi) is 57.6. The monoisotopic (exact) mass is 1050 g/mol. The number of carbonyl (C=O) groups is 3. The summed E-state index contributed by atoms with van der Waals surface area (Å²) in [5.74, 6) is 0.247. The van der Waals surface area contributed by atoms with Crippen molar-refractivity contribution in [3.05, 3.63) is 0 Å². The molecule has 440 valence electrons. The number of nitrogens with zero attached hydrogens (tertiary/aromatic N) is 5. The molecule has 1 fully saturated rings. The van der Waals surface area contributed by atoms with Gasteiger partial charge in [-0.2, -0.15) is 0 Å². The number of hydrogen-bond donors (Lipinski definition) is 0. The topological polar surface area (TPSA) is 76.6 Å². The van der Waals surface area contributed by atoms with Crippen LogP contribution in [0.4, 0.5) is 0 Å². The summed E-state index contributed by atoms with van der Waals surface area (Å²) in [6, 6.07) is 0. The van der Waals surface area contributed by atoms with Crippen molar-refractivity contribution >= 4 is 18.3 Å². The molecule has 9 heteroatoms. The van der Waals surface area contributed by atoms with E-state index < -0.39 is 0 Å². The summed E-state index contributed by atoms with van der Waals surface area (Å²) in [6.07, 6.45) is 56.2. The summed E-state index contributed by atoms with van der Waals surface area (Å²) in [4.78, 5) is 47.7. The maximum atomic E-state index is 13.3. The van der Waals surface area contributed by atoms with E-state index in [4.69, 9.17) is 4.74 Å². The molecule has 1 aliphatic rings. The number of carbonyl (C=O) groups excluding carboxylic acids is 3. The van der Waals surface area contributed by atoms with E-state index in [1.165, 1.54) is 270 Å². The number of unbranched alkanes of at least 4 members (excludes halogenated alkanes) is 35. The van der Waals surface area contributed by atoms with Crippen LogP contribution in [-0.4, -0.2) is 134 Å². The molecule has 1 aliphatic heterocycles. The minimum absolute atomic E-state index is 0.00238. The lowest BCUT2D eigenvalue weighted by molar-refractivity contribution is -0.144. The SMILES string of the molecule is CCCCCCCCCCCCCCN(CC)CCCOC(=O)CCCCCCCCC.CCCCCCCCCN(CCCCCCCCC)CCN(CCCCCCCCC)CC(=O)N1CCN(C=O)CC1. The van der Waals surface area contributed by atoms with Crippen molar-refractivity contribution in [2.75, 3.05) is 91.7 Å². The lowest BCUT2D eigenvalue weighted by atomic mass is 10.1. The minimum atomic E-state index is 0.00238. The van der Waals surface area contributed by atoms with Crippen molar-refractivity contribution in [1.29, 1.82) is 0 Å². The van der Waals surface area contributed by atoms with Gasteiger partial charge in [-0.3, -0.25) is 19.3 Å². The van der Waals surface area contributed by atoms with Gasteiger partial charge in [-0.25, -0.2) is 0 Å². The molecule has 1 rings (SSSR count). The highest BCUT2D eigenvalue weighted by molar-refractivity contribution is 5.78. The van der Waals surface area contributed by atoms with Gasteiger partial charge < -0.3 is 24.3 Å². The van der Waals surface area contributed by atoms with Gasteiger partial charge in [0.1, 0.15) is 0 Å². The number of ether oxygens (including phenoxy) is 1. The van der Waals surface area contributed by atoms with Crippen molar-refractivity contribution in [3.8, 4) is 0 Å². The maximum Gasteiger partial charge on any atom is 0.305 e. The number of rotatable bonds is 56. The van der Waals surface area contributed by atoms with Crippen molar-refractivity contribution < 1.29 is 19.1 Å². The third-order valence-electron chi connectivity index (χ3n) is 15.8. The quantitative estimate of drug-likeness (QED) is 0.0341. The van der Waals surface area contributed by atoms with E-state index in [-0.39, 0.29) is 11.9 Å². The lowest BCUT2D eigenvalue weighted by Crippen LogP contribution is -2.51. The third kappa shape index (κ3) is 49.8. The van der Waals surface area contributed by atoms with E-state index in [0.29, 0.717) is 45.8 Å². The molecule has 0 saturated carbocycles. The molecule has 0 aliphatic carbocycles. The van der Waals surface area contributed by atoms with Crippen LogP contribution < -0.4 is 0 Å². The Balaban J connectivity index is 0.00000150. The average molecular weight is 1050 g/mol. The first-order valence-electron chi connectivity index (χ1n) is 33.2. The lowest BCUT2D eigenvalue weighted by Gasteiger charge is -2.34. The molecule has 2 amide bonds. The molecule has 0 aromatic rings. The summed E-state index contributed by atoms with van der Waals surface area (Å²) < 4.78 is 5.43. The highest BCUT2D eigenvalue weighted by Gasteiger charge is 2.22. The zero-order valence-electron chi connectivity index (χ0n) is 51.0. The van der Waals surface area contributed by atoms with Crippen LogP contribution in [0.2, 0.25) is 0 Å². The Hall–Kier alpha value is -1.71. The molecule has 0 N–H and O–H groups in total. The summed E-state index contributed by atoms with van der Waals surface area (Å²) in [5, 5.41) is 0. The van der Waals surface area contributed by atoms with Gasteiger partial charge in [0, 0.05) is 52.2 Å². The van der Waals surface area contributed by atoms with Gasteiger partial charge >= 0.3 is 5.97 Å². The van der Waals surface area contributed by atoms with E-state index >= 15 is 0 Å². The first-order valence-corrected chi connectivity index (χ1v) is 33.2. The summed E-state index contributed by atoms with van der Waals surface area (Å²) in [5.41, 5.74) is 0. The Labute approximate surface area is 462 Å². The Morgan fingerprint density at radius 1 is 0.365 bits per heavy atom. The molecule has 1 heterocycles. The van der Waals surface area contributed by atoms with E-state index in [9.17, 15) is 14.4 Å². The number of hydrogen-bond acceptors (Lipinski definition) is 7. The molecule has 0 unspecified atom stereocenters. The van der Waals surface area contributed by atoms with Gasteiger partial charge in [0.2, 0.25) is 12.3 Å². The Morgan fingerprint density at radius 3 is 1.04 bits per heavy atom. The molecule has 0 radical (unpaired) electrons. The smallest absolute Gasteiger partial charge is 0.305 e. The largest absolute Gasteiger partial charge is 0.466 e. The minimum Gasteiger partial charge on any atom is -0.466 e. The molecule has 74 heavy (non-hydrogen) atoms. The predicted octanol–water partition coefficient (Wildman–Crippen LogP) is 17.2. The molecular formula is C65H131N5O4. The summed E-state index contributed by atoms with van der Waals surface area (Å²) in [6.45, 7) is 26.3. The van der Waals surface area contributed by atoms with Crippen LogP contribution in [0, 0.1) is 0 Å². The van der Waals surface area contributed by atoms with Gasteiger partial charge in [0.15, 0.2) is 0 Å². The van der Waals surface area contributed by atoms with Gasteiger partial charge in [-0.1, -0.05) is 266 Å². The molecule has 9 nitrogen and oxygen atoms in total.